The van der Waals surface area contributed by atoms with E-state index in [-0.39, 0.29) is 6.54 Å². The van der Waals surface area contributed by atoms with Gasteiger partial charge in [-0.1, -0.05) is 19.9 Å². The fraction of sp³-hybridized carbons (Fsp3) is 0.423. The highest BCUT2D eigenvalue weighted by molar-refractivity contribution is 5.92. The van der Waals surface area contributed by atoms with E-state index in [0.29, 0.717) is 49.6 Å². The van der Waals surface area contributed by atoms with Crippen molar-refractivity contribution in [2.45, 2.75) is 51.4 Å². The average Bonchev–Trinajstić information content (AvgIpc) is 3.39. The predicted molar refractivity (Wildman–Crippen MR) is 139 cm³/mol. The average molecular weight is 507 g/mol. The Bertz CT molecular complexity index is 1360. The minimum absolute atomic E-state index is 0.0442. The van der Waals surface area contributed by atoms with E-state index in [4.69, 9.17) is 4.74 Å². The van der Waals surface area contributed by atoms with Gasteiger partial charge in [-0.15, -0.1) is 10.2 Å². The number of benzene rings is 1. The summed E-state index contributed by atoms with van der Waals surface area (Å²) in [5.74, 6) is 2.66. The quantitative estimate of drug-likeness (QED) is 0.368. The lowest BCUT2D eigenvalue weighted by molar-refractivity contribution is -0.0332. The molecule has 10 nitrogen and oxygen atoms in total. The first-order valence-electron chi connectivity index (χ1n) is 12.4. The second kappa shape index (κ2) is 10.3. The third-order valence-corrected chi connectivity index (χ3v) is 6.72. The molecule has 0 radical (unpaired) electrons. The fourth-order valence-corrected chi connectivity index (χ4v) is 4.41. The predicted octanol–water partition coefficient (Wildman–Crippen LogP) is 3.86. The maximum atomic E-state index is 14.4. The summed E-state index contributed by atoms with van der Waals surface area (Å²) in [6.45, 7) is 7.47. The van der Waals surface area contributed by atoms with Crippen molar-refractivity contribution in [2.24, 2.45) is 0 Å². The summed E-state index contributed by atoms with van der Waals surface area (Å²) in [6, 6.07) is 7.82. The molecular weight excluding hydrogens is 475 g/mol. The van der Waals surface area contributed by atoms with E-state index in [1.165, 1.54) is 12.5 Å². The number of hydrogen-bond acceptors (Lipinski definition) is 9. The van der Waals surface area contributed by atoms with Crippen LogP contribution in [0.4, 0.5) is 22.0 Å². The lowest BCUT2D eigenvalue weighted by atomic mass is 9.92. The Labute approximate surface area is 214 Å². The van der Waals surface area contributed by atoms with Crippen LogP contribution < -0.4 is 15.0 Å². The molecule has 1 aliphatic heterocycles. The van der Waals surface area contributed by atoms with Gasteiger partial charge in [-0.3, -0.25) is 0 Å². The molecule has 0 amide bonds. The molecule has 11 heteroatoms. The number of anilines is 3. The van der Waals surface area contributed by atoms with Crippen LogP contribution in [-0.4, -0.2) is 66.3 Å². The number of nitrogens with zero attached hydrogens (tertiary/aromatic N) is 7. The van der Waals surface area contributed by atoms with Crippen molar-refractivity contribution in [3.63, 3.8) is 0 Å². The zero-order valence-corrected chi connectivity index (χ0v) is 21.2. The van der Waals surface area contributed by atoms with Crippen molar-refractivity contribution in [3.8, 4) is 5.75 Å². The van der Waals surface area contributed by atoms with Crippen LogP contribution in [0.1, 0.15) is 38.7 Å². The fourth-order valence-electron chi connectivity index (χ4n) is 4.41. The Morgan fingerprint density at radius 1 is 1.16 bits per heavy atom. The van der Waals surface area contributed by atoms with Gasteiger partial charge in [-0.05, 0) is 48.4 Å². The molecule has 1 saturated heterocycles. The monoisotopic (exact) mass is 506 g/mol. The van der Waals surface area contributed by atoms with Gasteiger partial charge in [0.15, 0.2) is 0 Å². The Morgan fingerprint density at radius 2 is 1.97 bits per heavy atom. The summed E-state index contributed by atoms with van der Waals surface area (Å²) < 4.78 is 22.3. The number of alkyl halides is 1. The number of piperidine rings is 1. The molecular formula is C26H31FN8O2. The van der Waals surface area contributed by atoms with Gasteiger partial charge in [0.1, 0.15) is 42.8 Å². The van der Waals surface area contributed by atoms with Gasteiger partial charge < -0.3 is 24.6 Å². The SMILES string of the molecule is CC(C)c1ccc(OCCn2cnnc2)c2cnc(Nc3ccnc(N4CC[C@@](C)(O)[C@@H](F)C4)n3)cc12. The van der Waals surface area contributed by atoms with Crippen molar-refractivity contribution < 1.29 is 14.2 Å². The first-order chi connectivity index (χ1) is 17.8. The van der Waals surface area contributed by atoms with Gasteiger partial charge in [0.25, 0.3) is 0 Å². The van der Waals surface area contributed by atoms with Crippen LogP contribution in [-0.2, 0) is 6.54 Å². The largest absolute Gasteiger partial charge is 0.491 e. The zero-order chi connectivity index (χ0) is 26.0. The van der Waals surface area contributed by atoms with E-state index in [0.717, 1.165) is 16.5 Å². The molecule has 4 heterocycles. The summed E-state index contributed by atoms with van der Waals surface area (Å²) >= 11 is 0. The van der Waals surface area contributed by atoms with Gasteiger partial charge in [0, 0.05) is 24.3 Å². The van der Waals surface area contributed by atoms with E-state index >= 15 is 0 Å². The lowest BCUT2D eigenvalue weighted by Gasteiger charge is -2.38. The van der Waals surface area contributed by atoms with Gasteiger partial charge in [-0.2, -0.15) is 4.98 Å². The summed E-state index contributed by atoms with van der Waals surface area (Å²) in [4.78, 5) is 15.2. The number of aromatic nitrogens is 6. The number of hydrogen-bond donors (Lipinski definition) is 2. The molecule has 0 bridgehead atoms. The number of rotatable bonds is 8. The molecule has 0 unspecified atom stereocenters. The lowest BCUT2D eigenvalue weighted by Crippen LogP contribution is -2.52. The van der Waals surface area contributed by atoms with Crippen LogP contribution in [0.5, 0.6) is 5.75 Å². The molecule has 0 aliphatic carbocycles. The molecule has 2 atom stereocenters. The second-order valence-electron chi connectivity index (χ2n) is 9.86. The Balaban J connectivity index is 1.36. The van der Waals surface area contributed by atoms with E-state index in [1.54, 1.807) is 36.0 Å². The van der Waals surface area contributed by atoms with Crippen LogP contribution in [0.2, 0.25) is 0 Å². The van der Waals surface area contributed by atoms with E-state index in [1.807, 2.05) is 16.7 Å². The summed E-state index contributed by atoms with van der Waals surface area (Å²) in [6.07, 6.45) is 5.69. The summed E-state index contributed by atoms with van der Waals surface area (Å²) in [5, 5.41) is 23.0. The molecule has 1 aromatic carbocycles. The molecule has 0 spiro atoms. The Morgan fingerprint density at radius 3 is 2.73 bits per heavy atom. The second-order valence-corrected chi connectivity index (χ2v) is 9.86. The third-order valence-electron chi connectivity index (χ3n) is 6.72. The first-order valence-corrected chi connectivity index (χ1v) is 12.4. The van der Waals surface area contributed by atoms with Crippen LogP contribution in [0.3, 0.4) is 0 Å². The van der Waals surface area contributed by atoms with Crippen molar-refractivity contribution in [1.82, 2.24) is 29.7 Å². The summed E-state index contributed by atoms with van der Waals surface area (Å²) in [7, 11) is 0. The number of nitrogens with one attached hydrogen (secondary N) is 1. The smallest absolute Gasteiger partial charge is 0.227 e. The van der Waals surface area contributed by atoms with E-state index in [2.05, 4.69) is 50.4 Å². The molecule has 4 aromatic rings. The standard InChI is InChI=1S/C26H31FN8O2/c1-17(2)18-4-5-21(37-11-10-34-15-30-31-16-34)20-13-29-24(12-19(18)20)32-23-6-8-28-25(33-23)35-9-7-26(3,36)22(27)14-35/h4-6,8,12-13,15-17,22,36H,7,9-11,14H2,1-3H3,(H,28,29,32,33)/t22-,26+/m0/s1. The number of pyridine rings is 1. The molecule has 3 aromatic heterocycles. The van der Waals surface area contributed by atoms with Gasteiger partial charge in [0.2, 0.25) is 5.95 Å². The van der Waals surface area contributed by atoms with Gasteiger partial charge in [-0.25, -0.2) is 14.4 Å². The van der Waals surface area contributed by atoms with Crippen molar-refractivity contribution >= 4 is 28.4 Å². The van der Waals surface area contributed by atoms with Crippen LogP contribution in [0, 0.1) is 0 Å². The molecule has 194 valence electrons. The highest BCUT2D eigenvalue weighted by atomic mass is 19.1. The topological polar surface area (TPSA) is 114 Å². The van der Waals surface area contributed by atoms with Crippen LogP contribution >= 0.6 is 0 Å². The molecule has 1 fully saturated rings. The Kier molecular flexibility index (Phi) is 6.88. The minimum Gasteiger partial charge on any atom is -0.491 e. The number of ether oxygens (including phenoxy) is 1. The molecule has 5 rings (SSSR count). The van der Waals surface area contributed by atoms with Gasteiger partial charge >= 0.3 is 0 Å². The molecule has 1 aliphatic rings. The van der Waals surface area contributed by atoms with E-state index in [9.17, 15) is 9.50 Å². The third kappa shape index (κ3) is 5.46. The van der Waals surface area contributed by atoms with Crippen molar-refractivity contribution in [2.75, 3.05) is 29.9 Å². The first kappa shape index (κ1) is 24.8. The van der Waals surface area contributed by atoms with Crippen molar-refractivity contribution in [3.05, 3.63) is 54.9 Å². The number of halogens is 1. The van der Waals surface area contributed by atoms with Crippen LogP contribution in [0.25, 0.3) is 10.8 Å². The maximum absolute atomic E-state index is 14.4. The molecule has 0 saturated carbocycles. The van der Waals surface area contributed by atoms with Crippen molar-refractivity contribution in [1.29, 1.82) is 0 Å². The van der Waals surface area contributed by atoms with E-state index < -0.39 is 11.8 Å². The maximum Gasteiger partial charge on any atom is 0.227 e. The normalized spacial score (nSPS) is 19.9. The molecule has 2 N–H and O–H groups in total. The Hall–Kier alpha value is -3.86. The number of aliphatic hydroxyl groups is 1. The summed E-state index contributed by atoms with van der Waals surface area (Å²) in [5.41, 5.74) is -0.140. The van der Waals surface area contributed by atoms with Gasteiger partial charge in [0.05, 0.1) is 18.7 Å². The zero-order valence-electron chi connectivity index (χ0n) is 21.2. The minimum atomic E-state index is -1.37. The van der Waals surface area contributed by atoms with Crippen LogP contribution in [0.15, 0.2) is 49.3 Å². The highest BCUT2D eigenvalue weighted by Crippen LogP contribution is 2.34. The highest BCUT2D eigenvalue weighted by Gasteiger charge is 2.38. The molecule has 37 heavy (non-hydrogen) atoms. The number of fused-ring (bicyclic) bond motifs is 1.